The quantitative estimate of drug-likeness (QED) is 0.577. The van der Waals surface area contributed by atoms with E-state index in [0.29, 0.717) is 18.5 Å². The van der Waals surface area contributed by atoms with Crippen LogP contribution in [0.2, 0.25) is 0 Å². The Bertz CT molecular complexity index is 825. The number of carbonyl (C=O) groups is 2. The highest BCUT2D eigenvalue weighted by Crippen LogP contribution is 2.22. The van der Waals surface area contributed by atoms with E-state index in [2.05, 4.69) is 31.4 Å². The van der Waals surface area contributed by atoms with Crippen molar-refractivity contribution >= 4 is 29.9 Å². The Morgan fingerprint density at radius 2 is 1.53 bits per heavy atom. The van der Waals surface area contributed by atoms with Crippen LogP contribution in [0.4, 0.5) is 5.69 Å². The Kier molecular flexibility index (Phi) is 9.37. The summed E-state index contributed by atoms with van der Waals surface area (Å²) in [5.41, 5.74) is 9.25. The highest BCUT2D eigenvalue weighted by molar-refractivity contribution is 5.97. The molecular weight excluding hydrogens is 398 g/mol. The van der Waals surface area contributed by atoms with E-state index >= 15 is 0 Å². The van der Waals surface area contributed by atoms with Crippen LogP contribution in [0, 0.1) is 5.92 Å². The fourth-order valence-corrected chi connectivity index (χ4v) is 3.01. The van der Waals surface area contributed by atoms with Crippen LogP contribution in [-0.2, 0) is 16.6 Å². The van der Waals surface area contributed by atoms with Crippen molar-refractivity contribution in [2.75, 3.05) is 12.3 Å². The molecule has 1 atom stereocenters. The zero-order valence-corrected chi connectivity index (χ0v) is 19.3. The lowest BCUT2D eigenvalue weighted by molar-refractivity contribution is -0.123. The van der Waals surface area contributed by atoms with E-state index in [-0.39, 0.29) is 35.6 Å². The summed E-state index contributed by atoms with van der Waals surface area (Å²) in [5.74, 6) is -0.433. The lowest BCUT2D eigenvalue weighted by Crippen LogP contribution is -2.50. The van der Waals surface area contributed by atoms with Crippen molar-refractivity contribution in [3.8, 4) is 0 Å². The first-order valence-corrected chi connectivity index (χ1v) is 10.1. The van der Waals surface area contributed by atoms with Crippen LogP contribution in [0.5, 0.6) is 0 Å². The number of hydrogen-bond donors (Lipinski definition) is 3. The molecule has 2 rings (SSSR count). The van der Waals surface area contributed by atoms with Crippen LogP contribution in [-0.4, -0.2) is 24.4 Å². The first-order chi connectivity index (χ1) is 13.6. The Hall–Kier alpha value is -2.53. The molecule has 0 fully saturated rings. The number of rotatable bonds is 7. The molecule has 30 heavy (non-hydrogen) atoms. The van der Waals surface area contributed by atoms with Crippen LogP contribution in [0.25, 0.3) is 0 Å². The zero-order valence-electron chi connectivity index (χ0n) is 18.5. The Balaban J connectivity index is 0.00000450. The minimum absolute atomic E-state index is 0. The standard InChI is InChI=1S/C24H33N3O2.ClH/c1-16(2)21(23(29)26-15-14-17-6-12-20(25)13-7-17)27-22(28)18-8-10-19(11-9-18)24(3,4)5;/h6-13,16,21H,14-15,25H2,1-5H3,(H,26,29)(H,27,28);1H. The Morgan fingerprint density at radius 1 is 0.967 bits per heavy atom. The van der Waals surface area contributed by atoms with Gasteiger partial charge < -0.3 is 16.4 Å². The third-order valence-corrected chi connectivity index (χ3v) is 4.94. The molecule has 0 saturated carbocycles. The molecular formula is C24H34ClN3O2. The normalized spacial score (nSPS) is 12.1. The minimum Gasteiger partial charge on any atom is -0.399 e. The van der Waals surface area contributed by atoms with Crippen molar-refractivity contribution in [2.24, 2.45) is 5.92 Å². The molecule has 2 aromatic carbocycles. The van der Waals surface area contributed by atoms with Gasteiger partial charge in [-0.25, -0.2) is 0 Å². The molecule has 4 N–H and O–H groups in total. The van der Waals surface area contributed by atoms with Gasteiger partial charge in [0.1, 0.15) is 6.04 Å². The van der Waals surface area contributed by atoms with E-state index in [1.54, 1.807) is 0 Å². The highest BCUT2D eigenvalue weighted by Gasteiger charge is 2.24. The summed E-state index contributed by atoms with van der Waals surface area (Å²) in [4.78, 5) is 25.3. The van der Waals surface area contributed by atoms with Crippen molar-refractivity contribution in [3.05, 3.63) is 65.2 Å². The molecule has 0 heterocycles. The summed E-state index contributed by atoms with van der Waals surface area (Å²) in [6.07, 6.45) is 0.707. The molecule has 164 valence electrons. The van der Waals surface area contributed by atoms with E-state index in [1.165, 1.54) is 0 Å². The van der Waals surface area contributed by atoms with Gasteiger partial charge in [-0.3, -0.25) is 9.59 Å². The fourth-order valence-electron chi connectivity index (χ4n) is 3.01. The molecule has 2 aromatic rings. The van der Waals surface area contributed by atoms with Gasteiger partial charge in [0.05, 0.1) is 0 Å². The molecule has 0 bridgehead atoms. The number of nitrogens with one attached hydrogen (secondary N) is 2. The number of carbonyl (C=O) groups excluding carboxylic acids is 2. The third-order valence-electron chi connectivity index (χ3n) is 4.94. The van der Waals surface area contributed by atoms with E-state index in [0.717, 1.165) is 16.8 Å². The van der Waals surface area contributed by atoms with Crippen LogP contribution in [0.1, 0.15) is 56.1 Å². The van der Waals surface area contributed by atoms with E-state index in [4.69, 9.17) is 5.73 Å². The average molecular weight is 432 g/mol. The maximum Gasteiger partial charge on any atom is 0.251 e. The largest absolute Gasteiger partial charge is 0.399 e. The van der Waals surface area contributed by atoms with Gasteiger partial charge in [-0.1, -0.05) is 58.9 Å². The van der Waals surface area contributed by atoms with Gasteiger partial charge in [0.25, 0.3) is 5.91 Å². The first-order valence-electron chi connectivity index (χ1n) is 10.1. The Morgan fingerprint density at radius 3 is 2.03 bits per heavy atom. The predicted octanol–water partition coefficient (Wildman–Crippen LogP) is 4.10. The first kappa shape index (κ1) is 25.5. The molecule has 6 heteroatoms. The van der Waals surface area contributed by atoms with Crippen molar-refractivity contribution in [3.63, 3.8) is 0 Å². The minimum atomic E-state index is -0.587. The van der Waals surface area contributed by atoms with Crippen LogP contribution in [0.15, 0.2) is 48.5 Å². The second kappa shape index (κ2) is 11.0. The van der Waals surface area contributed by atoms with Crippen LogP contribution >= 0.6 is 12.4 Å². The molecule has 5 nitrogen and oxygen atoms in total. The molecule has 0 aliphatic rings. The molecule has 0 aromatic heterocycles. The molecule has 2 amide bonds. The molecule has 0 aliphatic carbocycles. The number of nitrogens with two attached hydrogens (primary N) is 1. The molecule has 0 saturated heterocycles. The van der Waals surface area contributed by atoms with Crippen LogP contribution < -0.4 is 16.4 Å². The number of nitrogen functional groups attached to an aromatic ring is 1. The van der Waals surface area contributed by atoms with Crippen molar-refractivity contribution < 1.29 is 9.59 Å². The van der Waals surface area contributed by atoms with Crippen molar-refractivity contribution in [2.45, 2.75) is 52.5 Å². The lowest BCUT2D eigenvalue weighted by atomic mass is 9.86. The number of benzene rings is 2. The van der Waals surface area contributed by atoms with E-state index in [9.17, 15) is 9.59 Å². The number of halogens is 1. The molecule has 0 aliphatic heterocycles. The van der Waals surface area contributed by atoms with Gasteiger partial charge in [-0.15, -0.1) is 12.4 Å². The summed E-state index contributed by atoms with van der Waals surface area (Å²) in [7, 11) is 0. The fraction of sp³-hybridized carbons (Fsp3) is 0.417. The number of hydrogen-bond acceptors (Lipinski definition) is 3. The summed E-state index contributed by atoms with van der Waals surface area (Å²) in [6.45, 7) is 10.7. The lowest BCUT2D eigenvalue weighted by Gasteiger charge is -2.22. The smallest absolute Gasteiger partial charge is 0.251 e. The van der Waals surface area contributed by atoms with Gasteiger partial charge in [-0.2, -0.15) is 0 Å². The molecule has 1 unspecified atom stereocenters. The van der Waals surface area contributed by atoms with Crippen LogP contribution in [0.3, 0.4) is 0 Å². The summed E-state index contributed by atoms with van der Waals surface area (Å²) in [6, 6.07) is 14.6. The third kappa shape index (κ3) is 7.38. The maximum atomic E-state index is 12.6. The highest BCUT2D eigenvalue weighted by atomic mass is 35.5. The average Bonchev–Trinajstić information content (AvgIpc) is 2.66. The monoisotopic (exact) mass is 431 g/mol. The second-order valence-corrected chi connectivity index (χ2v) is 8.81. The summed E-state index contributed by atoms with van der Waals surface area (Å²) >= 11 is 0. The number of anilines is 1. The Labute approximate surface area is 186 Å². The SMILES string of the molecule is CC(C)C(NC(=O)c1ccc(C(C)(C)C)cc1)C(=O)NCCc1ccc(N)cc1.Cl. The topological polar surface area (TPSA) is 84.2 Å². The second-order valence-electron chi connectivity index (χ2n) is 8.81. The van der Waals surface area contributed by atoms with Gasteiger partial charge in [0.15, 0.2) is 0 Å². The van der Waals surface area contributed by atoms with Gasteiger partial charge in [-0.05, 0) is 53.1 Å². The van der Waals surface area contributed by atoms with Crippen molar-refractivity contribution in [1.29, 1.82) is 0 Å². The van der Waals surface area contributed by atoms with Gasteiger partial charge >= 0.3 is 0 Å². The zero-order chi connectivity index (χ0) is 21.6. The van der Waals surface area contributed by atoms with Gasteiger partial charge in [0.2, 0.25) is 5.91 Å². The maximum absolute atomic E-state index is 12.6. The predicted molar refractivity (Wildman–Crippen MR) is 126 cm³/mol. The van der Waals surface area contributed by atoms with Gasteiger partial charge in [0, 0.05) is 17.8 Å². The van der Waals surface area contributed by atoms with E-state index < -0.39 is 6.04 Å². The molecule has 0 spiro atoms. The van der Waals surface area contributed by atoms with E-state index in [1.807, 2.05) is 62.4 Å². The van der Waals surface area contributed by atoms with Crippen molar-refractivity contribution in [1.82, 2.24) is 10.6 Å². The molecule has 0 radical (unpaired) electrons. The number of amides is 2. The summed E-state index contributed by atoms with van der Waals surface area (Å²) in [5, 5.41) is 5.81. The summed E-state index contributed by atoms with van der Waals surface area (Å²) < 4.78 is 0.